The van der Waals surface area contributed by atoms with Crippen LogP contribution < -0.4 is 11.1 Å². The van der Waals surface area contributed by atoms with E-state index < -0.39 is 21.2 Å². The van der Waals surface area contributed by atoms with E-state index in [0.717, 1.165) is 0 Å². The highest BCUT2D eigenvalue weighted by molar-refractivity contribution is 7.92. The molecule has 8 heteroatoms. The third kappa shape index (κ3) is 4.80. The van der Waals surface area contributed by atoms with Gasteiger partial charge in [0.1, 0.15) is 12.0 Å². The predicted octanol–water partition coefficient (Wildman–Crippen LogP) is 0.0973. The molecular weight excluding hydrogens is 330 g/mol. The lowest BCUT2D eigenvalue weighted by Crippen LogP contribution is -2.55. The molecule has 2 rings (SSSR count). The van der Waals surface area contributed by atoms with Crippen molar-refractivity contribution in [3.05, 3.63) is 42.1 Å². The van der Waals surface area contributed by atoms with Gasteiger partial charge in [-0.25, -0.2) is 13.2 Å². The van der Waals surface area contributed by atoms with Crippen LogP contribution in [0, 0.1) is 0 Å². The molecule has 1 aliphatic rings. The van der Waals surface area contributed by atoms with Crippen molar-refractivity contribution < 1.29 is 17.9 Å². The molecule has 1 aliphatic heterocycles. The summed E-state index contributed by atoms with van der Waals surface area (Å²) in [5.74, 6) is -0.521. The van der Waals surface area contributed by atoms with Gasteiger partial charge >= 0.3 is 5.97 Å². The maximum absolute atomic E-state index is 12.8. The molecule has 0 aromatic heterocycles. The summed E-state index contributed by atoms with van der Waals surface area (Å²) in [4.78, 5) is 13.6. The van der Waals surface area contributed by atoms with Gasteiger partial charge in [-0.2, -0.15) is 0 Å². The van der Waals surface area contributed by atoms with E-state index in [1.165, 1.54) is 6.08 Å². The number of ether oxygens (including phenoxy) is 1. The standard InChI is InChI=1S/C16H23N3O4S/c1-13(17)11-16(20)23-10-9-19-8-7-18-12-15(19)24(21,22)14-5-3-2-4-6-14/h2-6,11,15,18H,7-10,12,17H2,1H3. The Hall–Kier alpha value is -1.90. The molecule has 1 fully saturated rings. The van der Waals surface area contributed by atoms with Gasteiger partial charge in [-0.3, -0.25) is 4.90 Å². The monoisotopic (exact) mass is 353 g/mol. The molecule has 1 atom stereocenters. The van der Waals surface area contributed by atoms with E-state index in [1.54, 1.807) is 37.3 Å². The summed E-state index contributed by atoms with van der Waals surface area (Å²) >= 11 is 0. The molecule has 0 bridgehead atoms. The Labute approximate surface area is 142 Å². The Kier molecular flexibility index (Phi) is 6.36. The van der Waals surface area contributed by atoms with Crippen molar-refractivity contribution in [2.45, 2.75) is 17.2 Å². The topological polar surface area (TPSA) is 102 Å². The fraction of sp³-hybridized carbons (Fsp3) is 0.438. The largest absolute Gasteiger partial charge is 0.461 e. The molecule has 0 radical (unpaired) electrons. The van der Waals surface area contributed by atoms with Gasteiger partial charge in [0.05, 0.1) is 4.90 Å². The zero-order chi connectivity index (χ0) is 17.6. The Bertz CT molecular complexity index is 685. The van der Waals surface area contributed by atoms with Crippen LogP contribution in [-0.4, -0.2) is 57.4 Å². The number of hydrogen-bond acceptors (Lipinski definition) is 7. The number of sulfone groups is 1. The number of nitrogens with zero attached hydrogens (tertiary/aromatic N) is 1. The number of allylic oxidation sites excluding steroid dienone is 1. The molecule has 0 amide bonds. The summed E-state index contributed by atoms with van der Waals surface area (Å²) in [6.07, 6.45) is 1.20. The molecule has 0 saturated carbocycles. The van der Waals surface area contributed by atoms with Gasteiger partial charge in [-0.1, -0.05) is 18.2 Å². The minimum Gasteiger partial charge on any atom is -0.461 e. The van der Waals surface area contributed by atoms with Gasteiger partial charge in [0.25, 0.3) is 0 Å². The maximum Gasteiger partial charge on any atom is 0.332 e. The SMILES string of the molecule is CC(N)=CC(=O)OCCN1CCNCC1S(=O)(=O)c1ccccc1. The van der Waals surface area contributed by atoms with Crippen molar-refractivity contribution in [2.24, 2.45) is 5.73 Å². The van der Waals surface area contributed by atoms with Crippen LogP contribution in [0.15, 0.2) is 47.0 Å². The number of carbonyl (C=O) groups excluding carboxylic acids is 1. The van der Waals surface area contributed by atoms with Crippen molar-refractivity contribution in [3.63, 3.8) is 0 Å². The van der Waals surface area contributed by atoms with E-state index in [-0.39, 0.29) is 6.61 Å². The Morgan fingerprint density at radius 1 is 1.42 bits per heavy atom. The fourth-order valence-corrected chi connectivity index (χ4v) is 4.33. The lowest BCUT2D eigenvalue weighted by molar-refractivity contribution is -0.138. The summed E-state index contributed by atoms with van der Waals surface area (Å²) in [6, 6.07) is 8.38. The normalized spacial score (nSPS) is 19.9. The zero-order valence-corrected chi connectivity index (χ0v) is 14.5. The minimum atomic E-state index is -3.49. The molecule has 24 heavy (non-hydrogen) atoms. The second-order valence-corrected chi connectivity index (χ2v) is 7.71. The number of rotatable bonds is 6. The average Bonchev–Trinajstić information content (AvgIpc) is 2.55. The number of piperazine rings is 1. The van der Waals surface area contributed by atoms with E-state index in [1.807, 2.05) is 4.90 Å². The molecule has 1 aromatic carbocycles. The van der Waals surface area contributed by atoms with Crippen LogP contribution in [0.1, 0.15) is 6.92 Å². The first-order valence-electron chi connectivity index (χ1n) is 7.75. The molecule has 3 N–H and O–H groups in total. The maximum atomic E-state index is 12.8. The van der Waals surface area contributed by atoms with E-state index in [4.69, 9.17) is 10.5 Å². The van der Waals surface area contributed by atoms with Crippen LogP contribution in [0.5, 0.6) is 0 Å². The average molecular weight is 353 g/mol. The van der Waals surface area contributed by atoms with Gasteiger partial charge in [0.2, 0.25) is 0 Å². The summed E-state index contributed by atoms with van der Waals surface area (Å²) in [5, 5.41) is 2.43. The molecule has 0 aliphatic carbocycles. The van der Waals surface area contributed by atoms with E-state index in [9.17, 15) is 13.2 Å². The summed E-state index contributed by atoms with van der Waals surface area (Å²) in [6.45, 7) is 3.66. The van der Waals surface area contributed by atoms with Gasteiger partial charge < -0.3 is 15.8 Å². The van der Waals surface area contributed by atoms with Crippen molar-refractivity contribution >= 4 is 15.8 Å². The quantitative estimate of drug-likeness (QED) is 0.552. The first-order valence-corrected chi connectivity index (χ1v) is 9.30. The van der Waals surface area contributed by atoms with Gasteiger partial charge in [-0.05, 0) is 19.1 Å². The molecule has 1 saturated heterocycles. The van der Waals surface area contributed by atoms with Crippen LogP contribution in [-0.2, 0) is 19.4 Å². The first kappa shape index (κ1) is 18.4. The smallest absolute Gasteiger partial charge is 0.332 e. The number of benzene rings is 1. The zero-order valence-electron chi connectivity index (χ0n) is 13.6. The third-order valence-corrected chi connectivity index (χ3v) is 5.81. The van der Waals surface area contributed by atoms with E-state index >= 15 is 0 Å². The second kappa shape index (κ2) is 8.27. The van der Waals surface area contributed by atoms with Crippen molar-refractivity contribution in [1.82, 2.24) is 10.2 Å². The number of esters is 1. The Morgan fingerprint density at radius 2 is 2.12 bits per heavy atom. The molecule has 132 valence electrons. The summed E-state index contributed by atoms with van der Waals surface area (Å²) < 4.78 is 30.7. The molecule has 1 unspecified atom stereocenters. The van der Waals surface area contributed by atoms with E-state index in [0.29, 0.717) is 36.8 Å². The number of nitrogens with two attached hydrogens (primary N) is 1. The predicted molar refractivity (Wildman–Crippen MR) is 90.8 cm³/mol. The van der Waals surface area contributed by atoms with Crippen molar-refractivity contribution in [3.8, 4) is 0 Å². The second-order valence-electron chi connectivity index (χ2n) is 5.61. The lowest BCUT2D eigenvalue weighted by Gasteiger charge is -2.35. The highest BCUT2D eigenvalue weighted by Gasteiger charge is 2.34. The fourth-order valence-electron chi connectivity index (χ4n) is 2.54. The third-order valence-electron chi connectivity index (χ3n) is 3.70. The van der Waals surface area contributed by atoms with Crippen LogP contribution in [0.25, 0.3) is 0 Å². The van der Waals surface area contributed by atoms with Crippen LogP contribution >= 0.6 is 0 Å². The highest BCUT2D eigenvalue weighted by Crippen LogP contribution is 2.19. The first-order chi connectivity index (χ1) is 11.4. The minimum absolute atomic E-state index is 0.115. The number of nitrogens with one attached hydrogen (secondary N) is 1. The van der Waals surface area contributed by atoms with Crippen LogP contribution in [0.3, 0.4) is 0 Å². The molecular formula is C16H23N3O4S. The number of carbonyl (C=O) groups is 1. The summed E-state index contributed by atoms with van der Waals surface area (Å²) in [7, 11) is -3.49. The van der Waals surface area contributed by atoms with Crippen LogP contribution in [0.4, 0.5) is 0 Å². The van der Waals surface area contributed by atoms with Gasteiger partial charge in [0.15, 0.2) is 9.84 Å². The van der Waals surface area contributed by atoms with Crippen molar-refractivity contribution in [2.75, 3.05) is 32.8 Å². The van der Waals surface area contributed by atoms with Crippen molar-refractivity contribution in [1.29, 1.82) is 0 Å². The van der Waals surface area contributed by atoms with Crippen LogP contribution in [0.2, 0.25) is 0 Å². The molecule has 1 heterocycles. The van der Waals surface area contributed by atoms with E-state index in [2.05, 4.69) is 5.32 Å². The van der Waals surface area contributed by atoms with Gasteiger partial charge in [0, 0.05) is 38.0 Å². The molecule has 7 nitrogen and oxygen atoms in total. The Morgan fingerprint density at radius 3 is 2.79 bits per heavy atom. The molecule has 0 spiro atoms. The molecule has 1 aromatic rings. The summed E-state index contributed by atoms with van der Waals surface area (Å²) in [5.41, 5.74) is 5.78. The Balaban J connectivity index is 2.03. The lowest BCUT2D eigenvalue weighted by atomic mass is 10.3. The van der Waals surface area contributed by atoms with Gasteiger partial charge in [-0.15, -0.1) is 0 Å². The highest BCUT2D eigenvalue weighted by atomic mass is 32.2. The number of hydrogen-bond donors (Lipinski definition) is 2.